The van der Waals surface area contributed by atoms with Gasteiger partial charge in [-0.15, -0.1) is 11.3 Å². The number of halogens is 3. The summed E-state index contributed by atoms with van der Waals surface area (Å²) >= 11 is 0.994. The lowest BCUT2D eigenvalue weighted by molar-refractivity contribution is -0.121. The monoisotopic (exact) mass is 370 g/mol. The zero-order valence-corrected chi connectivity index (χ0v) is 13.8. The molecule has 0 radical (unpaired) electrons. The fourth-order valence-electron chi connectivity index (χ4n) is 1.86. The van der Waals surface area contributed by atoms with E-state index in [1.165, 1.54) is 31.4 Å². The lowest BCUT2D eigenvalue weighted by atomic mass is 10.1. The first-order valence-electron chi connectivity index (χ1n) is 6.96. The number of alkyl halides is 3. The molecule has 1 aromatic carbocycles. The smallest absolute Gasteiger partial charge is 0.394 e. The molecule has 0 atom stereocenters. The number of hydrogen-bond acceptors (Lipinski definition) is 5. The molecule has 0 bridgehead atoms. The van der Waals surface area contributed by atoms with Crippen LogP contribution in [0, 0.1) is 0 Å². The molecule has 0 saturated heterocycles. The van der Waals surface area contributed by atoms with Crippen LogP contribution in [0.15, 0.2) is 46.9 Å². The minimum atomic E-state index is -4.63. The van der Waals surface area contributed by atoms with Crippen LogP contribution in [0.5, 0.6) is 5.75 Å². The van der Waals surface area contributed by atoms with E-state index in [9.17, 15) is 22.8 Å². The summed E-state index contributed by atoms with van der Waals surface area (Å²) in [5.74, 6) is -1.22. The van der Waals surface area contributed by atoms with Crippen molar-refractivity contribution in [1.82, 2.24) is 5.43 Å². The molecule has 1 N–H and O–H groups in total. The topological polar surface area (TPSA) is 67.8 Å². The van der Waals surface area contributed by atoms with Crippen LogP contribution < -0.4 is 10.2 Å². The molecule has 0 spiro atoms. The highest BCUT2D eigenvalue weighted by molar-refractivity contribution is 7.13. The molecule has 5 nitrogen and oxygen atoms in total. The minimum absolute atomic E-state index is 0.110. The summed E-state index contributed by atoms with van der Waals surface area (Å²) in [6.07, 6.45) is -6.17. The van der Waals surface area contributed by atoms with Gasteiger partial charge in [-0.1, -0.05) is 12.1 Å². The number of carbonyl (C=O) groups is 2. The largest absolute Gasteiger partial charge is 0.497 e. The normalized spacial score (nSPS) is 11.9. The van der Waals surface area contributed by atoms with Gasteiger partial charge in [0.1, 0.15) is 11.5 Å². The van der Waals surface area contributed by atoms with Gasteiger partial charge in [0, 0.05) is 5.56 Å². The molecule has 1 aromatic heterocycles. The molecular formula is C16H13F3N2O3S. The lowest BCUT2D eigenvalue weighted by Crippen LogP contribution is -2.27. The highest BCUT2D eigenvalue weighted by atomic mass is 32.1. The first-order chi connectivity index (χ1) is 11.8. The Morgan fingerprint density at radius 3 is 2.60 bits per heavy atom. The Morgan fingerprint density at radius 1 is 1.24 bits per heavy atom. The molecule has 1 amide bonds. The Hall–Kier alpha value is -2.68. The molecule has 0 saturated carbocycles. The van der Waals surface area contributed by atoms with Crippen molar-refractivity contribution < 1.29 is 27.5 Å². The number of hydrogen-bond donors (Lipinski definition) is 1. The van der Waals surface area contributed by atoms with Gasteiger partial charge in [-0.05, 0) is 29.6 Å². The maximum atomic E-state index is 12.7. The van der Waals surface area contributed by atoms with Crippen LogP contribution in [-0.2, 0) is 0 Å². The van der Waals surface area contributed by atoms with Gasteiger partial charge in [-0.2, -0.15) is 18.3 Å². The lowest BCUT2D eigenvalue weighted by Gasteiger charge is -2.09. The maximum absolute atomic E-state index is 12.7. The fraction of sp³-hybridized carbons (Fsp3) is 0.188. The second kappa shape index (κ2) is 7.93. The van der Waals surface area contributed by atoms with Crippen molar-refractivity contribution in [3.8, 4) is 5.75 Å². The molecule has 0 unspecified atom stereocenters. The molecule has 2 aromatic rings. The van der Waals surface area contributed by atoms with Gasteiger partial charge >= 0.3 is 6.18 Å². The van der Waals surface area contributed by atoms with E-state index in [4.69, 9.17) is 4.74 Å². The van der Waals surface area contributed by atoms with Gasteiger partial charge in [0.15, 0.2) is 0 Å². The number of carbonyl (C=O) groups excluding carboxylic acids is 2. The maximum Gasteiger partial charge on any atom is 0.394 e. The molecule has 2 rings (SSSR count). The molecule has 9 heteroatoms. The van der Waals surface area contributed by atoms with Crippen LogP contribution in [0.25, 0.3) is 0 Å². The van der Waals surface area contributed by atoms with E-state index < -0.39 is 30.0 Å². The zero-order valence-electron chi connectivity index (χ0n) is 13.0. The highest BCUT2D eigenvalue weighted by Crippen LogP contribution is 2.22. The van der Waals surface area contributed by atoms with Gasteiger partial charge in [0.25, 0.3) is 5.91 Å². The number of ether oxygens (including phenoxy) is 1. The quantitative estimate of drug-likeness (QED) is 0.479. The van der Waals surface area contributed by atoms with Crippen LogP contribution in [0.3, 0.4) is 0 Å². The van der Waals surface area contributed by atoms with E-state index in [-0.39, 0.29) is 10.4 Å². The molecule has 1 heterocycles. The van der Waals surface area contributed by atoms with Gasteiger partial charge in [-0.3, -0.25) is 9.59 Å². The summed E-state index contributed by atoms with van der Waals surface area (Å²) in [4.78, 5) is 24.3. The molecule has 0 fully saturated rings. The Kier molecular flexibility index (Phi) is 5.92. The third kappa shape index (κ3) is 5.42. The summed E-state index contributed by atoms with van der Waals surface area (Å²) in [6.45, 7) is 0. The number of nitrogens with zero attached hydrogens (tertiary/aromatic N) is 1. The van der Waals surface area contributed by atoms with Gasteiger partial charge in [-0.25, -0.2) is 5.43 Å². The second-order valence-corrected chi connectivity index (χ2v) is 5.78. The number of Topliss-reactive ketones (excluding diaryl/α,β-unsaturated/α-hetero) is 1. The molecule has 25 heavy (non-hydrogen) atoms. The van der Waals surface area contributed by atoms with E-state index in [0.717, 1.165) is 11.3 Å². The predicted molar refractivity (Wildman–Crippen MR) is 87.2 cm³/mol. The number of methoxy groups -OCH3 is 1. The van der Waals surface area contributed by atoms with Crippen molar-refractivity contribution in [2.75, 3.05) is 7.11 Å². The van der Waals surface area contributed by atoms with Crippen molar-refractivity contribution >= 4 is 28.7 Å². The number of rotatable bonds is 6. The Labute approximate surface area is 145 Å². The Bertz CT molecular complexity index is 786. The molecular weight excluding hydrogens is 357 g/mol. The van der Waals surface area contributed by atoms with Crippen LogP contribution in [0.1, 0.15) is 26.5 Å². The van der Waals surface area contributed by atoms with Crippen LogP contribution in [-0.4, -0.2) is 30.7 Å². The summed E-state index contributed by atoms with van der Waals surface area (Å²) in [5.41, 5.74) is 1.34. The summed E-state index contributed by atoms with van der Waals surface area (Å²) in [6, 6.07) is 8.92. The number of thiophene rings is 1. The van der Waals surface area contributed by atoms with Crippen LogP contribution in [0.2, 0.25) is 0 Å². The van der Waals surface area contributed by atoms with Gasteiger partial charge < -0.3 is 4.74 Å². The number of nitrogens with one attached hydrogen (secondary N) is 1. The summed E-state index contributed by atoms with van der Waals surface area (Å²) in [5, 5.41) is 4.97. The average molecular weight is 370 g/mol. The Balaban J connectivity index is 2.21. The number of amides is 1. The van der Waals surface area contributed by atoms with E-state index >= 15 is 0 Å². The van der Waals surface area contributed by atoms with E-state index in [0.29, 0.717) is 5.75 Å². The third-order valence-electron chi connectivity index (χ3n) is 3.00. The summed E-state index contributed by atoms with van der Waals surface area (Å²) in [7, 11) is 1.41. The standard InChI is InChI=1S/C16H13F3N2O3S/c1-24-11-5-2-4-10(8-11)15(23)21-20-12(9-16(17,18)19)14(22)13-6-3-7-25-13/h2-8H,9H2,1H3,(H,21,23)/b20-12-. The molecule has 0 aliphatic heterocycles. The molecule has 132 valence electrons. The van der Waals surface area contributed by atoms with Crippen molar-refractivity contribution in [3.63, 3.8) is 0 Å². The Morgan fingerprint density at radius 2 is 2.00 bits per heavy atom. The highest BCUT2D eigenvalue weighted by Gasteiger charge is 2.33. The van der Waals surface area contributed by atoms with E-state index in [1.807, 2.05) is 5.43 Å². The zero-order chi connectivity index (χ0) is 18.4. The first kappa shape index (κ1) is 18.7. The van der Waals surface area contributed by atoms with Crippen molar-refractivity contribution in [2.24, 2.45) is 5.10 Å². The second-order valence-electron chi connectivity index (χ2n) is 4.83. The minimum Gasteiger partial charge on any atom is -0.497 e. The van der Waals surface area contributed by atoms with Gasteiger partial charge in [0.2, 0.25) is 5.78 Å². The molecule has 0 aliphatic rings. The van der Waals surface area contributed by atoms with E-state index in [1.54, 1.807) is 17.5 Å². The van der Waals surface area contributed by atoms with E-state index in [2.05, 4.69) is 5.10 Å². The molecule has 0 aliphatic carbocycles. The van der Waals surface area contributed by atoms with Crippen LogP contribution in [0.4, 0.5) is 13.2 Å². The van der Waals surface area contributed by atoms with Crippen molar-refractivity contribution in [3.05, 3.63) is 52.2 Å². The third-order valence-corrected chi connectivity index (χ3v) is 3.87. The van der Waals surface area contributed by atoms with Crippen molar-refractivity contribution in [1.29, 1.82) is 0 Å². The average Bonchev–Trinajstić information content (AvgIpc) is 3.11. The fourth-order valence-corrected chi connectivity index (χ4v) is 2.54. The summed E-state index contributed by atoms with van der Waals surface area (Å²) < 4.78 is 43.1. The number of hydrazone groups is 1. The predicted octanol–water partition coefficient (Wildman–Crippen LogP) is 3.68. The van der Waals surface area contributed by atoms with Crippen LogP contribution >= 0.6 is 11.3 Å². The SMILES string of the molecule is COc1cccc(C(=O)N/N=C(/CC(F)(F)F)C(=O)c2cccs2)c1. The number of benzene rings is 1. The van der Waals surface area contributed by atoms with Gasteiger partial charge in [0.05, 0.1) is 18.4 Å². The van der Waals surface area contributed by atoms with Crippen molar-refractivity contribution in [2.45, 2.75) is 12.6 Å². The number of ketones is 1. The first-order valence-corrected chi connectivity index (χ1v) is 7.84.